The van der Waals surface area contributed by atoms with Crippen molar-refractivity contribution >= 4 is 27.8 Å². The van der Waals surface area contributed by atoms with Gasteiger partial charge >= 0.3 is 5.97 Å². The van der Waals surface area contributed by atoms with Gasteiger partial charge in [0.2, 0.25) is 0 Å². The minimum absolute atomic E-state index is 0.246. The van der Waals surface area contributed by atoms with Crippen LogP contribution < -0.4 is 0 Å². The minimum Gasteiger partial charge on any atom is -0.478 e. The fourth-order valence-corrected chi connectivity index (χ4v) is 3.91. The Balaban J connectivity index is 1.89. The fourth-order valence-electron chi connectivity index (χ4n) is 2.56. The summed E-state index contributed by atoms with van der Waals surface area (Å²) in [6.45, 7) is 4.24. The summed E-state index contributed by atoms with van der Waals surface area (Å²) < 4.78 is 14.3. The number of hydrogen-bond acceptors (Lipinski definition) is 3. The van der Waals surface area contributed by atoms with Gasteiger partial charge in [0.05, 0.1) is 21.3 Å². The lowest BCUT2D eigenvalue weighted by molar-refractivity contribution is 0.0697. The lowest BCUT2D eigenvalue weighted by atomic mass is 10.2. The lowest BCUT2D eigenvalue weighted by Crippen LogP contribution is -2.03. The normalized spacial score (nSPS) is 12.6. The molecule has 1 N–H and O–H groups in total. The van der Waals surface area contributed by atoms with Crippen molar-refractivity contribution in [3.8, 4) is 5.69 Å². The number of carbonyl (C=O) groups is 1. The Morgan fingerprint density at radius 1 is 1.24 bits per heavy atom. The van der Waals surface area contributed by atoms with Crippen molar-refractivity contribution in [1.29, 1.82) is 0 Å². The Hall–Kier alpha value is -2.47. The van der Waals surface area contributed by atoms with Gasteiger partial charge in [-0.15, -0.1) is 0 Å². The Bertz CT molecular complexity index is 929. The molecular weight excluding hydrogens is 336 g/mol. The third kappa shape index (κ3) is 3.79. The maximum Gasteiger partial charge on any atom is 0.335 e. The molecule has 0 amide bonds. The van der Waals surface area contributed by atoms with Gasteiger partial charge in [-0.25, -0.2) is 9.78 Å². The average molecular weight is 356 g/mol. The summed E-state index contributed by atoms with van der Waals surface area (Å²) in [6.07, 6.45) is 4.47. The van der Waals surface area contributed by atoms with Gasteiger partial charge in [0.1, 0.15) is 5.65 Å². The highest BCUT2D eigenvalue weighted by Crippen LogP contribution is 2.22. The van der Waals surface area contributed by atoms with Crippen molar-refractivity contribution in [3.05, 3.63) is 54.4 Å². The number of carboxylic acid groups (broad SMARTS) is 1. The topological polar surface area (TPSA) is 72.2 Å². The van der Waals surface area contributed by atoms with Crippen LogP contribution in [0.5, 0.6) is 0 Å². The summed E-state index contributed by atoms with van der Waals surface area (Å²) in [5.74, 6) is 0.216. The SMILES string of the molecule is CC(C)CCS(=O)c1cnc2c(ccn2-c2ccc(C(=O)O)cc2)c1. The molecule has 1 unspecified atom stereocenters. The fraction of sp³-hybridized carbons (Fsp3) is 0.263. The predicted molar refractivity (Wildman–Crippen MR) is 98.8 cm³/mol. The number of rotatable bonds is 6. The molecule has 0 bridgehead atoms. The number of fused-ring (bicyclic) bond motifs is 1. The van der Waals surface area contributed by atoms with Crippen molar-refractivity contribution in [1.82, 2.24) is 9.55 Å². The third-order valence-corrected chi connectivity index (χ3v) is 5.39. The number of aromatic carboxylic acids is 1. The van der Waals surface area contributed by atoms with Gasteiger partial charge in [-0.2, -0.15) is 0 Å². The monoisotopic (exact) mass is 356 g/mol. The molecule has 0 aliphatic heterocycles. The van der Waals surface area contributed by atoms with Gasteiger partial charge in [0.15, 0.2) is 0 Å². The van der Waals surface area contributed by atoms with E-state index in [0.717, 1.165) is 28.0 Å². The number of hydrogen-bond donors (Lipinski definition) is 1. The molecule has 0 saturated heterocycles. The first kappa shape index (κ1) is 17.4. The summed E-state index contributed by atoms with van der Waals surface area (Å²) >= 11 is 0. The van der Waals surface area contributed by atoms with Crippen LogP contribution in [0.4, 0.5) is 0 Å². The van der Waals surface area contributed by atoms with E-state index in [0.29, 0.717) is 11.7 Å². The van der Waals surface area contributed by atoms with Crippen molar-refractivity contribution < 1.29 is 14.1 Å². The van der Waals surface area contributed by atoms with E-state index in [4.69, 9.17) is 5.11 Å². The largest absolute Gasteiger partial charge is 0.478 e. The molecule has 6 heteroatoms. The van der Waals surface area contributed by atoms with Crippen LogP contribution in [0.1, 0.15) is 30.6 Å². The van der Waals surface area contributed by atoms with Gasteiger partial charge in [-0.1, -0.05) is 13.8 Å². The second-order valence-corrected chi connectivity index (χ2v) is 7.92. The second-order valence-electron chi connectivity index (χ2n) is 6.35. The van der Waals surface area contributed by atoms with Crippen molar-refractivity contribution in [3.63, 3.8) is 0 Å². The van der Waals surface area contributed by atoms with Crippen LogP contribution in [0.2, 0.25) is 0 Å². The molecule has 3 rings (SSSR count). The van der Waals surface area contributed by atoms with E-state index in [9.17, 15) is 9.00 Å². The van der Waals surface area contributed by atoms with E-state index in [1.807, 2.05) is 22.9 Å². The van der Waals surface area contributed by atoms with Crippen LogP contribution in [-0.2, 0) is 10.8 Å². The predicted octanol–water partition coefficient (Wildman–Crippen LogP) is 3.88. The van der Waals surface area contributed by atoms with Gasteiger partial charge in [-0.05, 0) is 48.7 Å². The van der Waals surface area contributed by atoms with E-state index >= 15 is 0 Å². The molecule has 0 aliphatic rings. The Morgan fingerprint density at radius 3 is 2.60 bits per heavy atom. The molecule has 0 spiro atoms. The number of benzene rings is 1. The molecule has 3 aromatic rings. The number of carboxylic acids is 1. The van der Waals surface area contributed by atoms with E-state index in [1.54, 1.807) is 30.5 Å². The molecule has 1 atom stereocenters. The molecule has 0 saturated carbocycles. The highest BCUT2D eigenvalue weighted by atomic mass is 32.2. The summed E-state index contributed by atoms with van der Waals surface area (Å²) in [7, 11) is -1.04. The van der Waals surface area contributed by atoms with Crippen LogP contribution in [0.15, 0.2) is 53.7 Å². The van der Waals surface area contributed by atoms with Gasteiger partial charge in [0.25, 0.3) is 0 Å². The Labute approximate surface area is 148 Å². The van der Waals surface area contributed by atoms with Crippen LogP contribution in [0, 0.1) is 5.92 Å². The van der Waals surface area contributed by atoms with Gasteiger partial charge in [0, 0.05) is 29.2 Å². The van der Waals surface area contributed by atoms with Crippen molar-refractivity contribution in [2.45, 2.75) is 25.2 Å². The van der Waals surface area contributed by atoms with E-state index in [1.165, 1.54) is 0 Å². The summed E-state index contributed by atoms with van der Waals surface area (Å²) in [4.78, 5) is 16.2. The highest BCUT2D eigenvalue weighted by molar-refractivity contribution is 7.85. The lowest BCUT2D eigenvalue weighted by Gasteiger charge is -2.07. The second kappa shape index (κ2) is 7.19. The zero-order valence-corrected chi connectivity index (χ0v) is 15.0. The summed E-state index contributed by atoms with van der Waals surface area (Å²) in [5.41, 5.74) is 1.84. The summed E-state index contributed by atoms with van der Waals surface area (Å²) in [5, 5.41) is 9.91. The Kier molecular flexibility index (Phi) is 4.99. The first-order chi connectivity index (χ1) is 12.0. The maximum atomic E-state index is 12.4. The Morgan fingerprint density at radius 2 is 1.96 bits per heavy atom. The number of nitrogens with zero attached hydrogens (tertiary/aromatic N) is 2. The molecule has 1 aromatic carbocycles. The van der Waals surface area contributed by atoms with Crippen molar-refractivity contribution in [2.24, 2.45) is 5.92 Å². The zero-order valence-electron chi connectivity index (χ0n) is 14.2. The first-order valence-electron chi connectivity index (χ1n) is 8.15. The summed E-state index contributed by atoms with van der Waals surface area (Å²) in [6, 6.07) is 10.5. The van der Waals surface area contributed by atoms with Gasteiger partial charge < -0.3 is 9.67 Å². The average Bonchev–Trinajstić information content (AvgIpc) is 3.02. The maximum absolute atomic E-state index is 12.4. The van der Waals surface area contributed by atoms with E-state index in [-0.39, 0.29) is 5.56 Å². The standard InChI is InChI=1S/C19H20N2O3S/c1-13(2)8-10-25(24)17-11-15-7-9-21(18(15)20-12-17)16-5-3-14(4-6-16)19(22)23/h3-7,9,11-13H,8,10H2,1-2H3,(H,22,23). The molecule has 0 fully saturated rings. The molecule has 0 aliphatic carbocycles. The van der Waals surface area contributed by atoms with Crippen LogP contribution >= 0.6 is 0 Å². The first-order valence-corrected chi connectivity index (χ1v) is 9.47. The smallest absolute Gasteiger partial charge is 0.335 e. The molecule has 130 valence electrons. The van der Waals surface area contributed by atoms with E-state index in [2.05, 4.69) is 18.8 Å². The third-order valence-electron chi connectivity index (χ3n) is 4.04. The van der Waals surface area contributed by atoms with Crippen LogP contribution in [0.3, 0.4) is 0 Å². The quantitative estimate of drug-likeness (QED) is 0.727. The van der Waals surface area contributed by atoms with Crippen molar-refractivity contribution in [2.75, 3.05) is 5.75 Å². The van der Waals surface area contributed by atoms with E-state index < -0.39 is 16.8 Å². The van der Waals surface area contributed by atoms with Gasteiger partial charge in [-0.3, -0.25) is 4.21 Å². The molecule has 2 aromatic heterocycles. The minimum atomic E-state index is -1.04. The zero-order chi connectivity index (χ0) is 18.0. The molecule has 5 nitrogen and oxygen atoms in total. The molecular formula is C19H20N2O3S. The molecule has 25 heavy (non-hydrogen) atoms. The molecule has 2 heterocycles. The van der Waals surface area contributed by atoms with Crippen LogP contribution in [-0.4, -0.2) is 30.6 Å². The molecule has 0 radical (unpaired) electrons. The highest BCUT2D eigenvalue weighted by Gasteiger charge is 2.11. The van der Waals surface area contributed by atoms with Crippen LogP contribution in [0.25, 0.3) is 16.7 Å². The number of pyridine rings is 1. The number of aromatic nitrogens is 2.